The molecule has 2 saturated heterocycles. The minimum atomic E-state index is -0.314. The van der Waals surface area contributed by atoms with Gasteiger partial charge in [-0.25, -0.2) is 10.1 Å². The second kappa shape index (κ2) is 8.13. The highest BCUT2D eigenvalue weighted by atomic mass is 16.2. The van der Waals surface area contributed by atoms with Crippen molar-refractivity contribution in [3.05, 3.63) is 27.7 Å². The maximum atomic E-state index is 13.2. The van der Waals surface area contributed by atoms with E-state index in [0.717, 1.165) is 69.0 Å². The molecule has 0 spiro atoms. The number of nitrogens with zero attached hydrogens (tertiary/aromatic N) is 3. The molecule has 4 aliphatic rings. The third-order valence-corrected chi connectivity index (χ3v) is 7.58. The Morgan fingerprint density at radius 2 is 1.87 bits per heavy atom. The fraction of sp³-hybridized carbons (Fsp3) is 0.727. The Balaban J connectivity index is 1.19. The van der Waals surface area contributed by atoms with Crippen molar-refractivity contribution >= 4 is 11.8 Å². The third-order valence-electron chi connectivity index (χ3n) is 7.58. The van der Waals surface area contributed by atoms with Gasteiger partial charge in [0, 0.05) is 31.6 Å². The SMILES string of the molecule is O=C1NNC(C(=O)N2CCC(Cn3nc4c(cc3=O)CCC4)CC2)C2CCCCC12. The van der Waals surface area contributed by atoms with Gasteiger partial charge in [0.1, 0.15) is 6.04 Å². The smallest absolute Gasteiger partial charge is 0.267 e. The first-order valence-electron chi connectivity index (χ1n) is 11.5. The van der Waals surface area contributed by atoms with Gasteiger partial charge in [0.25, 0.3) is 5.56 Å². The molecule has 3 unspecified atom stereocenters. The second-order valence-corrected chi connectivity index (χ2v) is 9.42. The third kappa shape index (κ3) is 3.66. The molecule has 162 valence electrons. The highest BCUT2D eigenvalue weighted by Crippen LogP contribution is 2.35. The van der Waals surface area contributed by atoms with E-state index in [4.69, 9.17) is 0 Å². The average Bonchev–Trinajstić information content (AvgIpc) is 3.22. The molecule has 2 N–H and O–H groups in total. The number of piperidine rings is 1. The van der Waals surface area contributed by atoms with Crippen molar-refractivity contribution in [3.8, 4) is 0 Å². The molecular formula is C22H31N5O3. The highest BCUT2D eigenvalue weighted by Gasteiger charge is 2.44. The summed E-state index contributed by atoms with van der Waals surface area (Å²) in [6.07, 6.45) is 8.75. The van der Waals surface area contributed by atoms with Crippen molar-refractivity contribution in [3.63, 3.8) is 0 Å². The van der Waals surface area contributed by atoms with Gasteiger partial charge in [0.15, 0.2) is 0 Å². The van der Waals surface area contributed by atoms with Crippen LogP contribution in [0.4, 0.5) is 0 Å². The number of fused-ring (bicyclic) bond motifs is 2. The zero-order valence-corrected chi connectivity index (χ0v) is 17.4. The van der Waals surface area contributed by atoms with Gasteiger partial charge in [-0.15, -0.1) is 0 Å². The molecule has 0 aromatic carbocycles. The van der Waals surface area contributed by atoms with E-state index in [2.05, 4.69) is 16.0 Å². The number of hydrazine groups is 1. The van der Waals surface area contributed by atoms with Crippen LogP contribution in [-0.4, -0.2) is 45.6 Å². The molecule has 1 aromatic rings. The molecule has 1 aromatic heterocycles. The van der Waals surface area contributed by atoms with Gasteiger partial charge in [-0.1, -0.05) is 12.8 Å². The number of aromatic nitrogens is 2. The Bertz CT molecular complexity index is 889. The normalized spacial score (nSPS) is 29.3. The van der Waals surface area contributed by atoms with E-state index in [0.29, 0.717) is 25.6 Å². The van der Waals surface area contributed by atoms with Crippen molar-refractivity contribution in [2.24, 2.45) is 17.8 Å². The fourth-order valence-electron chi connectivity index (χ4n) is 5.82. The van der Waals surface area contributed by atoms with Crippen molar-refractivity contribution in [2.45, 2.75) is 70.4 Å². The van der Waals surface area contributed by atoms with Gasteiger partial charge in [0.05, 0.1) is 5.69 Å². The maximum absolute atomic E-state index is 13.2. The van der Waals surface area contributed by atoms with Crippen molar-refractivity contribution < 1.29 is 9.59 Å². The number of hydrogen-bond donors (Lipinski definition) is 2. The van der Waals surface area contributed by atoms with Crippen LogP contribution < -0.4 is 16.4 Å². The van der Waals surface area contributed by atoms with Crippen LogP contribution >= 0.6 is 0 Å². The number of carbonyl (C=O) groups excluding carboxylic acids is 2. The van der Waals surface area contributed by atoms with Gasteiger partial charge < -0.3 is 4.90 Å². The quantitative estimate of drug-likeness (QED) is 0.763. The summed E-state index contributed by atoms with van der Waals surface area (Å²) >= 11 is 0. The summed E-state index contributed by atoms with van der Waals surface area (Å²) in [5.41, 5.74) is 7.93. The van der Waals surface area contributed by atoms with Crippen LogP contribution in [0.3, 0.4) is 0 Å². The van der Waals surface area contributed by atoms with Gasteiger partial charge in [-0.05, 0) is 62.3 Å². The first-order valence-corrected chi connectivity index (χ1v) is 11.5. The Hall–Kier alpha value is -2.22. The van der Waals surface area contributed by atoms with Crippen LogP contribution in [0.25, 0.3) is 0 Å². The molecule has 30 heavy (non-hydrogen) atoms. The van der Waals surface area contributed by atoms with Crippen LogP contribution in [0.2, 0.25) is 0 Å². The molecule has 1 saturated carbocycles. The van der Waals surface area contributed by atoms with E-state index in [1.54, 1.807) is 10.7 Å². The molecule has 3 heterocycles. The lowest BCUT2D eigenvalue weighted by atomic mass is 9.73. The van der Waals surface area contributed by atoms with Crippen LogP contribution in [0, 0.1) is 17.8 Å². The molecule has 2 aliphatic heterocycles. The zero-order valence-electron chi connectivity index (χ0n) is 17.4. The Morgan fingerprint density at radius 3 is 2.70 bits per heavy atom. The summed E-state index contributed by atoms with van der Waals surface area (Å²) in [5.74, 6) is 0.573. The number of amides is 2. The fourth-order valence-corrected chi connectivity index (χ4v) is 5.82. The first-order chi connectivity index (χ1) is 14.6. The molecule has 8 nitrogen and oxygen atoms in total. The highest BCUT2D eigenvalue weighted by molar-refractivity contribution is 5.87. The van der Waals surface area contributed by atoms with Gasteiger partial charge >= 0.3 is 0 Å². The van der Waals surface area contributed by atoms with Gasteiger partial charge in [-0.3, -0.25) is 19.8 Å². The summed E-state index contributed by atoms with van der Waals surface area (Å²) in [4.78, 5) is 39.7. The molecule has 2 aliphatic carbocycles. The molecule has 3 atom stereocenters. The second-order valence-electron chi connectivity index (χ2n) is 9.42. The Kier molecular flexibility index (Phi) is 5.35. The van der Waals surface area contributed by atoms with Crippen molar-refractivity contribution in [1.82, 2.24) is 25.5 Å². The van der Waals surface area contributed by atoms with Crippen LogP contribution in [0.5, 0.6) is 0 Å². The lowest BCUT2D eigenvalue weighted by molar-refractivity contribution is -0.144. The zero-order chi connectivity index (χ0) is 20.7. The molecular weight excluding hydrogens is 382 g/mol. The Labute approximate surface area is 176 Å². The average molecular weight is 414 g/mol. The molecule has 0 bridgehead atoms. The van der Waals surface area contributed by atoms with Crippen molar-refractivity contribution in [2.75, 3.05) is 13.1 Å². The lowest BCUT2D eigenvalue weighted by Gasteiger charge is -2.43. The minimum Gasteiger partial charge on any atom is -0.341 e. The summed E-state index contributed by atoms with van der Waals surface area (Å²) in [6, 6.07) is 1.45. The standard InChI is InChI=1S/C22H31N5O3/c28-19-12-15-4-3-7-18(15)25-27(19)13-14-8-10-26(11-9-14)22(30)20-16-5-1-2-6-17(16)21(29)24-23-20/h12,14,16-17,20,23H,1-11,13H2,(H,24,29). The Morgan fingerprint density at radius 1 is 1.07 bits per heavy atom. The van der Waals surface area contributed by atoms with E-state index in [1.807, 2.05) is 4.90 Å². The van der Waals surface area contributed by atoms with Gasteiger partial charge in [-0.2, -0.15) is 5.10 Å². The number of carbonyl (C=O) groups is 2. The van der Waals surface area contributed by atoms with Crippen molar-refractivity contribution in [1.29, 1.82) is 0 Å². The number of hydrogen-bond acceptors (Lipinski definition) is 5. The largest absolute Gasteiger partial charge is 0.341 e. The molecule has 0 radical (unpaired) electrons. The lowest BCUT2D eigenvalue weighted by Crippen LogP contribution is -2.64. The molecule has 3 fully saturated rings. The molecule has 8 heteroatoms. The summed E-state index contributed by atoms with van der Waals surface area (Å²) in [5, 5.41) is 4.60. The summed E-state index contributed by atoms with van der Waals surface area (Å²) in [7, 11) is 0. The predicted molar refractivity (Wildman–Crippen MR) is 110 cm³/mol. The van der Waals surface area contributed by atoms with Crippen LogP contribution in [0.1, 0.15) is 56.2 Å². The summed E-state index contributed by atoms with van der Waals surface area (Å²) in [6.45, 7) is 2.04. The van der Waals surface area contributed by atoms with E-state index < -0.39 is 0 Å². The topological polar surface area (TPSA) is 96.3 Å². The van der Waals surface area contributed by atoms with Gasteiger partial charge in [0.2, 0.25) is 11.8 Å². The first kappa shape index (κ1) is 19.7. The molecule has 5 rings (SSSR count). The predicted octanol–water partition coefficient (Wildman–Crippen LogP) is 0.780. The minimum absolute atomic E-state index is 0.000330. The number of likely N-dealkylation sites (tertiary alicyclic amines) is 1. The number of nitrogens with one attached hydrogen (secondary N) is 2. The monoisotopic (exact) mass is 413 g/mol. The summed E-state index contributed by atoms with van der Waals surface area (Å²) < 4.78 is 1.64. The van der Waals surface area contributed by atoms with E-state index in [9.17, 15) is 14.4 Å². The number of rotatable bonds is 3. The maximum Gasteiger partial charge on any atom is 0.267 e. The molecule has 2 amide bonds. The van der Waals surface area contributed by atoms with E-state index in [-0.39, 0.29) is 35.3 Å². The van der Waals surface area contributed by atoms with Crippen LogP contribution in [0.15, 0.2) is 10.9 Å². The van der Waals surface area contributed by atoms with E-state index in [1.165, 1.54) is 0 Å². The van der Waals surface area contributed by atoms with E-state index >= 15 is 0 Å². The van der Waals surface area contributed by atoms with Crippen LogP contribution in [-0.2, 0) is 29.0 Å². The number of aryl methyl sites for hydroxylation is 2.